The van der Waals surface area contributed by atoms with Crippen molar-refractivity contribution in [1.29, 1.82) is 0 Å². The summed E-state index contributed by atoms with van der Waals surface area (Å²) in [5.74, 6) is 1.82. The number of hydrogen-bond donors (Lipinski definition) is 1. The Labute approximate surface area is 107 Å². The molecule has 1 amide bonds. The lowest BCUT2D eigenvalue weighted by molar-refractivity contribution is 0.0521. The normalized spacial score (nSPS) is 15.1. The average Bonchev–Trinajstić information content (AvgIpc) is 2.67. The molecular formula is C12H20N4O2. The second-order valence-corrected chi connectivity index (χ2v) is 5.50. The van der Waals surface area contributed by atoms with E-state index in [2.05, 4.69) is 20.1 Å². The smallest absolute Gasteiger partial charge is 0.408 e. The minimum atomic E-state index is -0.478. The number of carbonyl (C=O) groups is 1. The Morgan fingerprint density at radius 1 is 1.39 bits per heavy atom. The summed E-state index contributed by atoms with van der Waals surface area (Å²) in [6, 6.07) is 0. The number of alkyl carbamates (subject to hydrolysis) is 1. The Bertz CT molecular complexity index is 434. The first-order valence-electron chi connectivity index (χ1n) is 6.33. The average molecular weight is 252 g/mol. The van der Waals surface area contributed by atoms with Gasteiger partial charge in [0.25, 0.3) is 0 Å². The molecule has 0 fully saturated rings. The molecule has 6 nitrogen and oxygen atoms in total. The van der Waals surface area contributed by atoms with E-state index in [1.165, 1.54) is 0 Å². The van der Waals surface area contributed by atoms with Gasteiger partial charge >= 0.3 is 6.09 Å². The molecule has 0 aliphatic carbocycles. The maximum Gasteiger partial charge on any atom is 0.408 e. The van der Waals surface area contributed by atoms with Gasteiger partial charge in [0.05, 0.1) is 6.54 Å². The highest BCUT2D eigenvalue weighted by Gasteiger charge is 2.18. The zero-order valence-electron chi connectivity index (χ0n) is 11.2. The first kappa shape index (κ1) is 12.9. The van der Waals surface area contributed by atoms with Crippen LogP contribution in [0.25, 0.3) is 0 Å². The van der Waals surface area contributed by atoms with E-state index in [1.54, 1.807) is 0 Å². The van der Waals surface area contributed by atoms with Crippen molar-refractivity contribution in [2.24, 2.45) is 0 Å². The number of aryl methyl sites for hydroxylation is 1. The summed E-state index contributed by atoms with van der Waals surface area (Å²) in [5.41, 5.74) is -0.478. The molecule has 0 bridgehead atoms. The molecule has 0 saturated carbocycles. The van der Waals surface area contributed by atoms with Crippen LogP contribution in [0.15, 0.2) is 0 Å². The van der Waals surface area contributed by atoms with Gasteiger partial charge < -0.3 is 14.6 Å². The Balaban J connectivity index is 1.91. The lowest BCUT2D eigenvalue weighted by Crippen LogP contribution is -2.33. The maximum absolute atomic E-state index is 11.5. The SMILES string of the molecule is CC(C)(C)OC(=O)NCc1nnc2n1CCCC2. The molecule has 100 valence electrons. The van der Waals surface area contributed by atoms with Crippen LogP contribution in [-0.2, 0) is 24.2 Å². The van der Waals surface area contributed by atoms with Gasteiger partial charge in [-0.3, -0.25) is 0 Å². The quantitative estimate of drug-likeness (QED) is 0.868. The van der Waals surface area contributed by atoms with E-state index in [9.17, 15) is 4.79 Å². The van der Waals surface area contributed by atoms with Crippen molar-refractivity contribution in [3.63, 3.8) is 0 Å². The van der Waals surface area contributed by atoms with Gasteiger partial charge in [0.15, 0.2) is 5.82 Å². The number of rotatable bonds is 2. The van der Waals surface area contributed by atoms with E-state index in [1.807, 2.05) is 20.8 Å². The molecule has 2 rings (SSSR count). The van der Waals surface area contributed by atoms with Crippen molar-refractivity contribution >= 4 is 6.09 Å². The first-order chi connectivity index (χ1) is 8.46. The molecular weight excluding hydrogens is 232 g/mol. The van der Waals surface area contributed by atoms with Gasteiger partial charge in [-0.2, -0.15) is 0 Å². The minimum Gasteiger partial charge on any atom is -0.444 e. The van der Waals surface area contributed by atoms with Gasteiger partial charge in [-0.1, -0.05) is 0 Å². The van der Waals surface area contributed by atoms with Crippen LogP contribution in [0.2, 0.25) is 0 Å². The van der Waals surface area contributed by atoms with Gasteiger partial charge in [-0.15, -0.1) is 10.2 Å². The summed E-state index contributed by atoms with van der Waals surface area (Å²) in [5, 5.41) is 10.9. The Morgan fingerprint density at radius 2 is 2.17 bits per heavy atom. The lowest BCUT2D eigenvalue weighted by atomic mass is 10.2. The highest BCUT2D eigenvalue weighted by Crippen LogP contribution is 2.14. The zero-order valence-corrected chi connectivity index (χ0v) is 11.2. The number of amides is 1. The molecule has 1 aromatic rings. The first-order valence-corrected chi connectivity index (χ1v) is 6.33. The topological polar surface area (TPSA) is 69.0 Å². The van der Waals surface area contributed by atoms with E-state index in [-0.39, 0.29) is 0 Å². The van der Waals surface area contributed by atoms with Gasteiger partial charge in [-0.05, 0) is 33.6 Å². The lowest BCUT2D eigenvalue weighted by Gasteiger charge is -2.20. The Kier molecular flexibility index (Phi) is 3.54. The summed E-state index contributed by atoms with van der Waals surface area (Å²) in [6.45, 7) is 6.82. The standard InChI is InChI=1S/C12H20N4O2/c1-12(2,3)18-11(17)13-8-10-15-14-9-6-4-5-7-16(9)10/h4-8H2,1-3H3,(H,13,17). The number of nitrogens with one attached hydrogen (secondary N) is 1. The van der Waals surface area contributed by atoms with E-state index in [0.29, 0.717) is 6.54 Å². The fourth-order valence-electron chi connectivity index (χ4n) is 1.96. The molecule has 18 heavy (non-hydrogen) atoms. The molecule has 1 N–H and O–H groups in total. The molecule has 1 aliphatic heterocycles. The summed E-state index contributed by atoms with van der Waals surface area (Å²) >= 11 is 0. The second-order valence-electron chi connectivity index (χ2n) is 5.50. The van der Waals surface area contributed by atoms with Crippen molar-refractivity contribution in [3.05, 3.63) is 11.6 Å². The van der Waals surface area contributed by atoms with Crippen molar-refractivity contribution < 1.29 is 9.53 Å². The van der Waals surface area contributed by atoms with Gasteiger partial charge in [-0.25, -0.2) is 4.79 Å². The molecule has 1 aromatic heterocycles. The third-order valence-electron chi connectivity index (χ3n) is 2.73. The van der Waals surface area contributed by atoms with E-state index in [0.717, 1.165) is 37.5 Å². The summed E-state index contributed by atoms with van der Waals surface area (Å²) < 4.78 is 7.26. The van der Waals surface area contributed by atoms with Gasteiger partial charge in [0, 0.05) is 13.0 Å². The van der Waals surface area contributed by atoms with Crippen LogP contribution in [0.4, 0.5) is 4.79 Å². The summed E-state index contributed by atoms with van der Waals surface area (Å²) in [4.78, 5) is 11.5. The highest BCUT2D eigenvalue weighted by molar-refractivity contribution is 5.67. The third-order valence-corrected chi connectivity index (χ3v) is 2.73. The number of aromatic nitrogens is 3. The van der Waals surface area contributed by atoms with Gasteiger partial charge in [0.1, 0.15) is 11.4 Å². The largest absolute Gasteiger partial charge is 0.444 e. The predicted molar refractivity (Wildman–Crippen MR) is 66.0 cm³/mol. The molecule has 0 atom stereocenters. The van der Waals surface area contributed by atoms with Crippen molar-refractivity contribution in [2.45, 2.75) is 58.7 Å². The second kappa shape index (κ2) is 4.96. The Hall–Kier alpha value is -1.59. The van der Waals surface area contributed by atoms with Gasteiger partial charge in [0.2, 0.25) is 0 Å². The molecule has 0 unspecified atom stereocenters. The van der Waals surface area contributed by atoms with Crippen molar-refractivity contribution in [2.75, 3.05) is 0 Å². The molecule has 1 aliphatic rings. The molecule has 2 heterocycles. The Morgan fingerprint density at radius 3 is 2.89 bits per heavy atom. The fourth-order valence-corrected chi connectivity index (χ4v) is 1.96. The van der Waals surface area contributed by atoms with Crippen LogP contribution in [0.1, 0.15) is 45.3 Å². The van der Waals surface area contributed by atoms with Crippen LogP contribution in [0.5, 0.6) is 0 Å². The minimum absolute atomic E-state index is 0.363. The van der Waals surface area contributed by atoms with Crippen LogP contribution < -0.4 is 5.32 Å². The van der Waals surface area contributed by atoms with Crippen molar-refractivity contribution in [1.82, 2.24) is 20.1 Å². The molecule has 0 spiro atoms. The summed E-state index contributed by atoms with van der Waals surface area (Å²) in [7, 11) is 0. The van der Waals surface area contributed by atoms with Crippen LogP contribution in [0, 0.1) is 0 Å². The van der Waals surface area contributed by atoms with E-state index in [4.69, 9.17) is 4.74 Å². The maximum atomic E-state index is 11.5. The number of nitrogens with zero attached hydrogens (tertiary/aromatic N) is 3. The van der Waals surface area contributed by atoms with E-state index >= 15 is 0 Å². The number of fused-ring (bicyclic) bond motifs is 1. The fraction of sp³-hybridized carbons (Fsp3) is 0.750. The van der Waals surface area contributed by atoms with E-state index < -0.39 is 11.7 Å². The van der Waals surface area contributed by atoms with Crippen LogP contribution in [-0.4, -0.2) is 26.5 Å². The molecule has 6 heteroatoms. The monoisotopic (exact) mass is 252 g/mol. The molecule has 0 saturated heterocycles. The number of hydrogen-bond acceptors (Lipinski definition) is 4. The van der Waals surface area contributed by atoms with Crippen molar-refractivity contribution in [3.8, 4) is 0 Å². The van der Waals surface area contributed by atoms with Crippen LogP contribution in [0.3, 0.4) is 0 Å². The summed E-state index contributed by atoms with van der Waals surface area (Å²) in [6.07, 6.45) is 2.86. The predicted octanol–water partition coefficient (Wildman–Crippen LogP) is 1.64. The highest BCUT2D eigenvalue weighted by atomic mass is 16.6. The van der Waals surface area contributed by atoms with Crippen LogP contribution >= 0.6 is 0 Å². The molecule has 0 radical (unpaired) electrons. The number of ether oxygens (including phenoxy) is 1. The third kappa shape index (κ3) is 3.21. The molecule has 0 aromatic carbocycles. The number of carbonyl (C=O) groups excluding carboxylic acids is 1. The zero-order chi connectivity index (χ0) is 13.2.